The molecule has 0 aliphatic carbocycles. The van der Waals surface area contributed by atoms with E-state index < -0.39 is 10.0 Å². The van der Waals surface area contributed by atoms with Crippen molar-refractivity contribution in [3.05, 3.63) is 29.8 Å². The van der Waals surface area contributed by atoms with Crippen molar-refractivity contribution in [1.29, 1.82) is 5.26 Å². The fraction of sp³-hybridized carbons (Fsp3) is 0.591. The van der Waals surface area contributed by atoms with Crippen molar-refractivity contribution in [2.45, 2.75) is 44.0 Å². The number of carbonyl (C=O) groups excluding carboxylic acids is 2. The summed E-state index contributed by atoms with van der Waals surface area (Å²) >= 11 is 0. The van der Waals surface area contributed by atoms with Crippen molar-refractivity contribution < 1.29 is 22.7 Å². The highest BCUT2D eigenvalue weighted by Crippen LogP contribution is 2.19. The summed E-state index contributed by atoms with van der Waals surface area (Å²) in [5, 5.41) is 8.90. The number of hydrogen-bond acceptors (Lipinski definition) is 7. The van der Waals surface area contributed by atoms with Gasteiger partial charge in [-0.1, -0.05) is 6.92 Å². The van der Waals surface area contributed by atoms with Gasteiger partial charge in [-0.15, -0.1) is 0 Å². The second-order valence-electron chi connectivity index (χ2n) is 7.72. The van der Waals surface area contributed by atoms with Crippen LogP contribution >= 0.6 is 0 Å². The quantitative estimate of drug-likeness (QED) is 0.456. The van der Waals surface area contributed by atoms with Crippen LogP contribution in [-0.2, 0) is 24.3 Å². The molecule has 0 spiro atoms. The molecule has 0 aromatic heterocycles. The van der Waals surface area contributed by atoms with Crippen LogP contribution in [0.2, 0.25) is 0 Å². The number of ether oxygens (including phenoxy) is 1. The highest BCUT2D eigenvalue weighted by atomic mass is 32.2. The molecule has 0 saturated carbocycles. The molecular formula is C22H32N4O5S. The summed E-state index contributed by atoms with van der Waals surface area (Å²) in [6.07, 6.45) is 2.06. The fourth-order valence-electron chi connectivity index (χ4n) is 3.81. The van der Waals surface area contributed by atoms with Gasteiger partial charge in [-0.2, -0.15) is 9.57 Å². The minimum atomic E-state index is -3.90. The van der Waals surface area contributed by atoms with Gasteiger partial charge >= 0.3 is 5.97 Å². The molecule has 1 aliphatic heterocycles. The normalized spacial score (nSPS) is 16.7. The minimum absolute atomic E-state index is 0.0119. The molecule has 0 bridgehead atoms. The van der Waals surface area contributed by atoms with E-state index in [-0.39, 0.29) is 48.9 Å². The summed E-state index contributed by atoms with van der Waals surface area (Å²) in [7, 11) is -2.55. The van der Waals surface area contributed by atoms with Crippen LogP contribution in [0.15, 0.2) is 29.2 Å². The number of hydrogen-bond donors (Lipinski definition) is 0. The zero-order valence-electron chi connectivity index (χ0n) is 19.0. The second kappa shape index (κ2) is 11.9. The maximum atomic E-state index is 13.1. The first kappa shape index (κ1) is 25.8. The molecule has 1 saturated heterocycles. The molecule has 176 valence electrons. The predicted molar refractivity (Wildman–Crippen MR) is 119 cm³/mol. The standard InChI is InChI=1S/C22H32N4O5S/c1-4-25-13-6-7-19(25)16-26(14-12-22(28)31-5-2)21(27)17-24(3)32(29,30)20-10-8-18(15-23)9-11-20/h8-11,19H,4-7,12-14,16-17H2,1-3H3. The Morgan fingerprint density at radius 2 is 1.94 bits per heavy atom. The molecule has 9 nitrogen and oxygen atoms in total. The third-order valence-corrected chi connectivity index (χ3v) is 7.45. The van der Waals surface area contributed by atoms with Crippen molar-refractivity contribution in [2.24, 2.45) is 0 Å². The second-order valence-corrected chi connectivity index (χ2v) is 9.76. The first-order chi connectivity index (χ1) is 15.2. The van der Waals surface area contributed by atoms with Crippen molar-refractivity contribution in [2.75, 3.05) is 46.4 Å². The number of carbonyl (C=O) groups is 2. The number of sulfonamides is 1. The number of rotatable bonds is 11. The summed E-state index contributed by atoms with van der Waals surface area (Å²) in [6, 6.07) is 7.69. The van der Waals surface area contributed by atoms with Gasteiger partial charge in [-0.3, -0.25) is 14.5 Å². The van der Waals surface area contributed by atoms with Gasteiger partial charge in [0.2, 0.25) is 15.9 Å². The van der Waals surface area contributed by atoms with Gasteiger partial charge in [-0.05, 0) is 57.1 Å². The number of likely N-dealkylation sites (tertiary alicyclic amines) is 1. The molecule has 1 fully saturated rings. The molecule has 1 amide bonds. The van der Waals surface area contributed by atoms with Gasteiger partial charge in [0.1, 0.15) is 0 Å². The molecule has 1 unspecified atom stereocenters. The van der Waals surface area contributed by atoms with Crippen molar-refractivity contribution in [3.8, 4) is 6.07 Å². The van der Waals surface area contributed by atoms with E-state index in [2.05, 4.69) is 11.8 Å². The van der Waals surface area contributed by atoms with E-state index in [1.807, 2.05) is 6.07 Å². The number of likely N-dealkylation sites (N-methyl/N-ethyl adjacent to an activating group) is 2. The highest BCUT2D eigenvalue weighted by Gasteiger charge is 2.30. The molecule has 1 aromatic rings. The molecule has 1 aromatic carbocycles. The monoisotopic (exact) mass is 464 g/mol. The van der Waals surface area contributed by atoms with E-state index >= 15 is 0 Å². The Labute approximate surface area is 190 Å². The Kier molecular flexibility index (Phi) is 9.62. The predicted octanol–water partition coefficient (Wildman–Crippen LogP) is 1.44. The SMILES string of the molecule is CCOC(=O)CCN(CC1CCCN1CC)C(=O)CN(C)S(=O)(=O)c1ccc(C#N)cc1. The van der Waals surface area contributed by atoms with E-state index in [0.717, 1.165) is 30.2 Å². The topological polar surface area (TPSA) is 111 Å². The van der Waals surface area contributed by atoms with E-state index in [4.69, 9.17) is 10.00 Å². The number of amides is 1. The Balaban J connectivity index is 2.12. The summed E-state index contributed by atoms with van der Waals surface area (Å²) < 4.78 is 31.7. The first-order valence-corrected chi connectivity index (χ1v) is 12.3. The average Bonchev–Trinajstić information content (AvgIpc) is 3.23. The molecule has 1 aliphatic rings. The highest BCUT2D eigenvalue weighted by molar-refractivity contribution is 7.89. The average molecular weight is 465 g/mol. The van der Waals surface area contributed by atoms with Crippen molar-refractivity contribution in [3.63, 3.8) is 0 Å². The largest absolute Gasteiger partial charge is 0.466 e. The summed E-state index contributed by atoms with van der Waals surface area (Å²) in [4.78, 5) is 28.8. The van der Waals surface area contributed by atoms with Gasteiger partial charge < -0.3 is 9.64 Å². The van der Waals surface area contributed by atoms with E-state index in [1.165, 1.54) is 31.3 Å². The Morgan fingerprint density at radius 3 is 2.53 bits per heavy atom. The molecule has 10 heteroatoms. The third kappa shape index (κ3) is 6.76. The third-order valence-electron chi connectivity index (χ3n) is 5.63. The lowest BCUT2D eigenvalue weighted by Gasteiger charge is -2.31. The minimum Gasteiger partial charge on any atom is -0.466 e. The number of benzene rings is 1. The Hall–Kier alpha value is -2.48. The lowest BCUT2D eigenvalue weighted by molar-refractivity contribution is -0.144. The van der Waals surface area contributed by atoms with E-state index in [0.29, 0.717) is 12.1 Å². The molecule has 2 rings (SSSR count). The van der Waals surface area contributed by atoms with Crippen LogP contribution in [0.25, 0.3) is 0 Å². The lowest BCUT2D eigenvalue weighted by atomic mass is 10.2. The maximum absolute atomic E-state index is 13.1. The molecular weight excluding hydrogens is 432 g/mol. The number of esters is 1. The number of nitriles is 1. The fourth-order valence-corrected chi connectivity index (χ4v) is 4.93. The molecule has 32 heavy (non-hydrogen) atoms. The van der Waals surface area contributed by atoms with Gasteiger partial charge in [0.05, 0.1) is 36.1 Å². The van der Waals surface area contributed by atoms with Gasteiger partial charge in [-0.25, -0.2) is 8.42 Å². The van der Waals surface area contributed by atoms with Crippen LogP contribution in [0.4, 0.5) is 0 Å². The van der Waals surface area contributed by atoms with Crippen LogP contribution in [0.3, 0.4) is 0 Å². The number of nitrogens with zero attached hydrogens (tertiary/aromatic N) is 4. The van der Waals surface area contributed by atoms with Gasteiger partial charge in [0.15, 0.2) is 0 Å². The van der Waals surface area contributed by atoms with E-state index in [9.17, 15) is 18.0 Å². The van der Waals surface area contributed by atoms with Crippen molar-refractivity contribution >= 4 is 21.9 Å². The zero-order valence-corrected chi connectivity index (χ0v) is 19.8. The maximum Gasteiger partial charge on any atom is 0.307 e. The lowest BCUT2D eigenvalue weighted by Crippen LogP contribution is -2.47. The molecule has 1 atom stereocenters. The van der Waals surface area contributed by atoms with Gasteiger partial charge in [0.25, 0.3) is 0 Å². The zero-order chi connectivity index (χ0) is 23.7. The molecule has 0 radical (unpaired) electrons. The van der Waals surface area contributed by atoms with Crippen LogP contribution in [0.1, 0.15) is 38.7 Å². The molecule has 0 N–H and O–H groups in total. The molecule has 1 heterocycles. The summed E-state index contributed by atoms with van der Waals surface area (Å²) in [5.74, 6) is -0.750. The first-order valence-electron chi connectivity index (χ1n) is 10.9. The van der Waals surface area contributed by atoms with Gasteiger partial charge in [0, 0.05) is 26.2 Å². The van der Waals surface area contributed by atoms with Crippen LogP contribution in [0.5, 0.6) is 0 Å². The van der Waals surface area contributed by atoms with Crippen LogP contribution in [0, 0.1) is 11.3 Å². The van der Waals surface area contributed by atoms with Crippen molar-refractivity contribution in [1.82, 2.24) is 14.1 Å². The summed E-state index contributed by atoms with van der Waals surface area (Å²) in [5.41, 5.74) is 0.352. The smallest absolute Gasteiger partial charge is 0.307 e. The Bertz CT molecular complexity index is 927. The van der Waals surface area contributed by atoms with Crippen LogP contribution in [-0.4, -0.2) is 86.8 Å². The van der Waals surface area contributed by atoms with Crippen LogP contribution < -0.4 is 0 Å². The Morgan fingerprint density at radius 1 is 1.25 bits per heavy atom. The van der Waals surface area contributed by atoms with E-state index in [1.54, 1.807) is 11.8 Å². The summed E-state index contributed by atoms with van der Waals surface area (Å²) in [6.45, 7) is 6.18.